The van der Waals surface area contributed by atoms with Crippen LogP contribution in [0.25, 0.3) is 10.9 Å². The highest BCUT2D eigenvalue weighted by molar-refractivity contribution is 5.80. The monoisotopic (exact) mass is 374 g/mol. The van der Waals surface area contributed by atoms with E-state index in [-0.39, 0.29) is 6.10 Å². The molecule has 1 N–H and O–H groups in total. The quantitative estimate of drug-likeness (QED) is 0.755. The van der Waals surface area contributed by atoms with E-state index in [1.165, 1.54) is 16.5 Å². The second kappa shape index (κ2) is 7.40. The molecule has 5 heteroatoms. The second-order valence-electron chi connectivity index (χ2n) is 7.94. The standard InChI is InChI=1S/C23H26N4O/c1-16-12-20(17-8-10-24-11-9-17)23(25-13-16)28-19-14-27(15-19)22-7-6-18-4-2-3-5-21(18)26-22/h2-7,12-13,17,19,24H,8-11,14-15H2,1H3. The molecule has 28 heavy (non-hydrogen) atoms. The van der Waals surface area contributed by atoms with Gasteiger partial charge >= 0.3 is 0 Å². The number of ether oxygens (including phenoxy) is 1. The van der Waals surface area contributed by atoms with Gasteiger partial charge < -0.3 is 15.0 Å². The van der Waals surface area contributed by atoms with Crippen LogP contribution in [0.1, 0.15) is 29.9 Å². The van der Waals surface area contributed by atoms with Gasteiger partial charge in [0.2, 0.25) is 5.88 Å². The molecule has 2 saturated heterocycles. The molecule has 0 radical (unpaired) electrons. The normalized spacial score (nSPS) is 18.2. The number of hydrogen-bond donors (Lipinski definition) is 1. The van der Waals surface area contributed by atoms with Crippen molar-refractivity contribution < 1.29 is 4.74 Å². The molecule has 0 saturated carbocycles. The lowest BCUT2D eigenvalue weighted by atomic mass is 9.90. The Morgan fingerprint density at radius 1 is 1.07 bits per heavy atom. The predicted molar refractivity (Wildman–Crippen MR) is 112 cm³/mol. The molecule has 0 amide bonds. The van der Waals surface area contributed by atoms with E-state index in [1.54, 1.807) is 0 Å². The van der Waals surface area contributed by atoms with Gasteiger partial charge in [0, 0.05) is 17.1 Å². The number of rotatable bonds is 4. The van der Waals surface area contributed by atoms with E-state index in [0.717, 1.165) is 56.2 Å². The summed E-state index contributed by atoms with van der Waals surface area (Å²) in [7, 11) is 0. The van der Waals surface area contributed by atoms with Gasteiger partial charge in [0.25, 0.3) is 0 Å². The average molecular weight is 374 g/mol. The maximum Gasteiger partial charge on any atom is 0.217 e. The van der Waals surface area contributed by atoms with Crippen molar-refractivity contribution in [2.24, 2.45) is 0 Å². The van der Waals surface area contributed by atoms with Gasteiger partial charge in [0.15, 0.2) is 0 Å². The molecule has 4 heterocycles. The number of aryl methyl sites for hydroxylation is 1. The lowest BCUT2D eigenvalue weighted by Gasteiger charge is -2.40. The molecule has 144 valence electrons. The third-order valence-corrected chi connectivity index (χ3v) is 5.83. The van der Waals surface area contributed by atoms with E-state index in [4.69, 9.17) is 9.72 Å². The van der Waals surface area contributed by atoms with Crippen LogP contribution >= 0.6 is 0 Å². The van der Waals surface area contributed by atoms with Crippen LogP contribution in [0.3, 0.4) is 0 Å². The first-order valence-electron chi connectivity index (χ1n) is 10.2. The highest BCUT2D eigenvalue weighted by Gasteiger charge is 2.31. The molecule has 2 aliphatic heterocycles. The third-order valence-electron chi connectivity index (χ3n) is 5.83. The van der Waals surface area contributed by atoms with Crippen molar-refractivity contribution in [2.45, 2.75) is 31.8 Å². The fourth-order valence-electron chi connectivity index (χ4n) is 4.19. The lowest BCUT2D eigenvalue weighted by Crippen LogP contribution is -2.54. The molecule has 1 aromatic carbocycles. The minimum atomic E-state index is 0.170. The molecule has 5 nitrogen and oxygen atoms in total. The van der Waals surface area contributed by atoms with Crippen molar-refractivity contribution in [1.29, 1.82) is 0 Å². The number of benzene rings is 1. The Hall–Kier alpha value is -2.66. The second-order valence-corrected chi connectivity index (χ2v) is 7.94. The van der Waals surface area contributed by atoms with Crippen molar-refractivity contribution >= 4 is 16.7 Å². The fraction of sp³-hybridized carbons (Fsp3) is 0.391. The molecule has 0 spiro atoms. The predicted octanol–water partition coefficient (Wildman–Crippen LogP) is 3.67. The van der Waals surface area contributed by atoms with E-state index in [2.05, 4.69) is 52.5 Å². The van der Waals surface area contributed by atoms with Crippen molar-refractivity contribution in [3.8, 4) is 5.88 Å². The Bertz CT molecular complexity index is 977. The summed E-state index contributed by atoms with van der Waals surface area (Å²) in [5.74, 6) is 2.39. The van der Waals surface area contributed by atoms with Crippen LogP contribution in [0, 0.1) is 6.92 Å². The molecular weight excluding hydrogens is 348 g/mol. The van der Waals surface area contributed by atoms with Crippen LogP contribution in [-0.4, -0.2) is 42.3 Å². The Labute approximate surface area is 165 Å². The zero-order valence-electron chi connectivity index (χ0n) is 16.3. The molecule has 3 aromatic rings. The van der Waals surface area contributed by atoms with E-state index >= 15 is 0 Å². The Kier molecular flexibility index (Phi) is 4.61. The van der Waals surface area contributed by atoms with Crippen LogP contribution in [0.4, 0.5) is 5.82 Å². The van der Waals surface area contributed by atoms with Gasteiger partial charge in [-0.1, -0.05) is 18.2 Å². The van der Waals surface area contributed by atoms with Gasteiger partial charge in [-0.05, 0) is 68.6 Å². The number of fused-ring (bicyclic) bond motifs is 1. The van der Waals surface area contributed by atoms with Crippen LogP contribution in [0.2, 0.25) is 0 Å². The van der Waals surface area contributed by atoms with E-state index in [0.29, 0.717) is 5.92 Å². The zero-order valence-corrected chi connectivity index (χ0v) is 16.3. The topological polar surface area (TPSA) is 50.3 Å². The maximum absolute atomic E-state index is 6.33. The number of nitrogens with one attached hydrogen (secondary N) is 1. The molecule has 5 rings (SSSR count). The smallest absolute Gasteiger partial charge is 0.217 e. The van der Waals surface area contributed by atoms with Gasteiger partial charge in [0.05, 0.1) is 18.6 Å². The first-order valence-corrected chi connectivity index (χ1v) is 10.2. The number of nitrogens with zero attached hydrogens (tertiary/aromatic N) is 3. The number of hydrogen-bond acceptors (Lipinski definition) is 5. The fourth-order valence-corrected chi connectivity index (χ4v) is 4.19. The molecule has 0 bridgehead atoms. The van der Waals surface area contributed by atoms with Crippen LogP contribution < -0.4 is 15.0 Å². The largest absolute Gasteiger partial charge is 0.470 e. The summed E-state index contributed by atoms with van der Waals surface area (Å²) in [5, 5.41) is 4.62. The molecular formula is C23H26N4O. The van der Waals surface area contributed by atoms with Gasteiger partial charge in [-0.15, -0.1) is 0 Å². The number of piperidine rings is 1. The Balaban J connectivity index is 1.28. The van der Waals surface area contributed by atoms with Crippen LogP contribution in [0.5, 0.6) is 5.88 Å². The van der Waals surface area contributed by atoms with E-state index in [9.17, 15) is 0 Å². The minimum Gasteiger partial charge on any atom is -0.470 e. The minimum absolute atomic E-state index is 0.170. The maximum atomic E-state index is 6.33. The highest BCUT2D eigenvalue weighted by Crippen LogP contribution is 2.33. The van der Waals surface area contributed by atoms with Crippen LogP contribution in [0.15, 0.2) is 48.7 Å². The zero-order chi connectivity index (χ0) is 18.9. The molecule has 2 aliphatic rings. The third kappa shape index (κ3) is 3.42. The van der Waals surface area contributed by atoms with E-state index in [1.807, 2.05) is 18.3 Å². The van der Waals surface area contributed by atoms with Gasteiger partial charge in [-0.2, -0.15) is 0 Å². The number of para-hydroxylation sites is 1. The summed E-state index contributed by atoms with van der Waals surface area (Å²) in [6.45, 7) is 5.96. The summed E-state index contributed by atoms with van der Waals surface area (Å²) in [6.07, 6.45) is 4.39. The molecule has 0 atom stereocenters. The highest BCUT2D eigenvalue weighted by atomic mass is 16.5. The molecule has 0 unspecified atom stereocenters. The Morgan fingerprint density at radius 3 is 2.75 bits per heavy atom. The van der Waals surface area contributed by atoms with Crippen LogP contribution in [-0.2, 0) is 0 Å². The Morgan fingerprint density at radius 2 is 1.89 bits per heavy atom. The molecule has 0 aliphatic carbocycles. The summed E-state index contributed by atoms with van der Waals surface area (Å²) < 4.78 is 6.33. The van der Waals surface area contributed by atoms with Crippen molar-refractivity contribution in [2.75, 3.05) is 31.1 Å². The van der Waals surface area contributed by atoms with E-state index < -0.39 is 0 Å². The summed E-state index contributed by atoms with van der Waals surface area (Å²) in [4.78, 5) is 11.7. The summed E-state index contributed by atoms with van der Waals surface area (Å²) in [6, 6.07) is 14.7. The number of anilines is 1. The van der Waals surface area contributed by atoms with Gasteiger partial charge in [-0.3, -0.25) is 0 Å². The number of pyridine rings is 2. The summed E-state index contributed by atoms with van der Waals surface area (Å²) in [5.41, 5.74) is 3.53. The van der Waals surface area contributed by atoms with Crippen molar-refractivity contribution in [3.63, 3.8) is 0 Å². The SMILES string of the molecule is Cc1cnc(OC2CN(c3ccc4ccccc4n3)C2)c(C2CCNCC2)c1. The van der Waals surface area contributed by atoms with Crippen molar-refractivity contribution in [3.05, 3.63) is 59.8 Å². The lowest BCUT2D eigenvalue weighted by molar-refractivity contribution is 0.157. The summed E-state index contributed by atoms with van der Waals surface area (Å²) >= 11 is 0. The molecule has 2 aromatic heterocycles. The molecule has 2 fully saturated rings. The average Bonchev–Trinajstić information content (AvgIpc) is 2.71. The first kappa shape index (κ1) is 17.4. The number of aromatic nitrogens is 2. The van der Waals surface area contributed by atoms with Gasteiger partial charge in [-0.25, -0.2) is 9.97 Å². The first-order chi connectivity index (χ1) is 13.8. The van der Waals surface area contributed by atoms with Crippen molar-refractivity contribution in [1.82, 2.24) is 15.3 Å². The van der Waals surface area contributed by atoms with Gasteiger partial charge in [0.1, 0.15) is 11.9 Å².